The average molecular weight is 755 g/mol. The molecule has 0 aliphatic heterocycles. The van der Waals surface area contributed by atoms with Crippen molar-refractivity contribution >= 4 is 0 Å². The maximum Gasteiger partial charge on any atom is 0.111 e. The van der Waals surface area contributed by atoms with E-state index in [1.54, 1.807) is 0 Å². The molecular weight excluding hydrogens is 653 g/mol. The highest BCUT2D eigenvalue weighted by atomic mass is 15.1. The van der Waals surface area contributed by atoms with Crippen LogP contribution < -0.4 is 0 Å². The Morgan fingerprint density at radius 1 is 0.352 bits per heavy atom. The van der Waals surface area contributed by atoms with Crippen LogP contribution in [0.4, 0.5) is 0 Å². The van der Waals surface area contributed by atoms with Crippen molar-refractivity contribution in [1.29, 1.82) is 0 Å². The minimum Gasteiger partial charge on any atom is -0.332 e. The van der Waals surface area contributed by atoms with Crippen LogP contribution in [-0.4, -0.2) is 9.55 Å². The van der Waals surface area contributed by atoms with Gasteiger partial charge in [-0.05, 0) is 26.2 Å². The van der Waals surface area contributed by atoms with Gasteiger partial charge in [0.05, 0.1) is 0 Å². The van der Waals surface area contributed by atoms with Crippen molar-refractivity contribution < 1.29 is 0 Å². The van der Waals surface area contributed by atoms with E-state index >= 15 is 0 Å². The fraction of sp³-hybridized carbons (Fsp3) is 0.942. The zero-order chi connectivity index (χ0) is 38.8. The number of imidazole rings is 1. The van der Waals surface area contributed by atoms with E-state index in [9.17, 15) is 0 Å². The lowest BCUT2D eigenvalue weighted by Gasteiger charge is -2.22. The Bertz CT molecular complexity index is 828. The number of rotatable bonds is 45. The highest BCUT2D eigenvalue weighted by Gasteiger charge is 2.19. The van der Waals surface area contributed by atoms with Crippen molar-refractivity contribution in [2.24, 2.45) is 0 Å². The van der Waals surface area contributed by atoms with Crippen molar-refractivity contribution in [3.8, 4) is 0 Å². The molecule has 0 amide bonds. The number of hydrogen-bond donors (Lipinski definition) is 0. The van der Waals surface area contributed by atoms with Gasteiger partial charge >= 0.3 is 0 Å². The van der Waals surface area contributed by atoms with E-state index in [4.69, 9.17) is 4.98 Å². The molecule has 1 rings (SSSR count). The van der Waals surface area contributed by atoms with Gasteiger partial charge < -0.3 is 4.57 Å². The molecule has 0 radical (unpaired) electrons. The molecule has 0 N–H and O–H groups in total. The summed E-state index contributed by atoms with van der Waals surface area (Å²) in [5, 5.41) is 0. The summed E-state index contributed by atoms with van der Waals surface area (Å²) in [7, 11) is 0. The Labute approximate surface area is 342 Å². The third kappa shape index (κ3) is 32.3. The van der Waals surface area contributed by atoms with Gasteiger partial charge in [-0.1, -0.05) is 278 Å². The molecule has 320 valence electrons. The van der Waals surface area contributed by atoms with Crippen LogP contribution >= 0.6 is 0 Å². The van der Waals surface area contributed by atoms with Crippen LogP contribution in [0.3, 0.4) is 0 Å². The molecule has 0 saturated carbocycles. The van der Waals surface area contributed by atoms with Gasteiger partial charge in [-0.3, -0.25) is 0 Å². The van der Waals surface area contributed by atoms with Gasteiger partial charge in [-0.25, -0.2) is 4.98 Å². The Balaban J connectivity index is 2.35. The molecule has 1 aromatic rings. The van der Waals surface area contributed by atoms with Gasteiger partial charge in [0.1, 0.15) is 5.82 Å². The summed E-state index contributed by atoms with van der Waals surface area (Å²) in [6, 6.07) is 0.584. The van der Waals surface area contributed by atoms with E-state index in [1.165, 1.54) is 282 Å². The van der Waals surface area contributed by atoms with Crippen LogP contribution in [0.15, 0.2) is 12.4 Å². The molecule has 1 aromatic heterocycles. The normalized spacial score (nSPS) is 12.9. The molecule has 2 unspecified atom stereocenters. The van der Waals surface area contributed by atoms with Crippen molar-refractivity contribution in [1.82, 2.24) is 9.55 Å². The Kier molecular flexibility index (Phi) is 39.7. The van der Waals surface area contributed by atoms with Crippen molar-refractivity contribution in [2.45, 2.75) is 316 Å². The molecule has 1 heterocycles. The first kappa shape index (κ1) is 51.2. The molecule has 2 atom stereocenters. The maximum absolute atomic E-state index is 5.08. The molecular formula is C52H102N2. The third-order valence-corrected chi connectivity index (χ3v) is 12.8. The van der Waals surface area contributed by atoms with Crippen LogP contribution in [0, 0.1) is 0 Å². The highest BCUT2D eigenvalue weighted by Crippen LogP contribution is 2.31. The zero-order valence-electron chi connectivity index (χ0n) is 38.1. The molecule has 0 aromatic carbocycles. The molecule has 0 fully saturated rings. The SMILES string of the molecule is CCCCCCCCCCCCCCCCCC(C)n1ccnc1C(CCCCCCCCCCCCCC)CCCCCCCCCCCCCCC. The highest BCUT2D eigenvalue weighted by molar-refractivity contribution is 5.02. The zero-order valence-corrected chi connectivity index (χ0v) is 38.1. The molecule has 54 heavy (non-hydrogen) atoms. The average Bonchev–Trinajstić information content (AvgIpc) is 3.68. The number of unbranched alkanes of at least 4 members (excludes halogenated alkanes) is 37. The second-order valence-corrected chi connectivity index (χ2v) is 18.2. The van der Waals surface area contributed by atoms with Crippen LogP contribution in [0.5, 0.6) is 0 Å². The predicted octanol–water partition coefficient (Wildman–Crippen LogP) is 19.4. The first-order valence-corrected chi connectivity index (χ1v) is 25.8. The summed E-state index contributed by atoms with van der Waals surface area (Å²) in [6.45, 7) is 9.42. The lowest BCUT2D eigenvalue weighted by atomic mass is 9.92. The summed E-state index contributed by atoms with van der Waals surface area (Å²) in [4.78, 5) is 5.08. The fourth-order valence-electron chi connectivity index (χ4n) is 9.01. The van der Waals surface area contributed by atoms with E-state index in [-0.39, 0.29) is 0 Å². The van der Waals surface area contributed by atoms with Gasteiger partial charge in [-0.15, -0.1) is 0 Å². The lowest BCUT2D eigenvalue weighted by molar-refractivity contribution is 0.412. The van der Waals surface area contributed by atoms with Gasteiger partial charge in [0.15, 0.2) is 0 Å². The first-order chi connectivity index (χ1) is 26.7. The molecule has 0 spiro atoms. The summed E-state index contributed by atoms with van der Waals surface area (Å²) in [6.07, 6.45) is 66.1. The quantitative estimate of drug-likeness (QED) is 0.0606. The van der Waals surface area contributed by atoms with Crippen LogP contribution in [0.25, 0.3) is 0 Å². The Morgan fingerprint density at radius 2 is 0.593 bits per heavy atom. The number of hydrogen-bond acceptors (Lipinski definition) is 1. The smallest absolute Gasteiger partial charge is 0.111 e. The first-order valence-electron chi connectivity index (χ1n) is 25.8. The number of aromatic nitrogens is 2. The minimum absolute atomic E-state index is 0.584. The van der Waals surface area contributed by atoms with Crippen molar-refractivity contribution in [3.05, 3.63) is 18.2 Å². The fourth-order valence-corrected chi connectivity index (χ4v) is 9.01. The molecule has 2 heteroatoms. The van der Waals surface area contributed by atoms with Crippen molar-refractivity contribution in [2.75, 3.05) is 0 Å². The van der Waals surface area contributed by atoms with E-state index < -0.39 is 0 Å². The topological polar surface area (TPSA) is 17.8 Å². The Hall–Kier alpha value is -0.790. The van der Waals surface area contributed by atoms with Crippen LogP contribution in [-0.2, 0) is 0 Å². The summed E-state index contributed by atoms with van der Waals surface area (Å²) in [5.74, 6) is 2.07. The second kappa shape index (κ2) is 41.8. The summed E-state index contributed by atoms with van der Waals surface area (Å²) < 4.78 is 2.61. The maximum atomic E-state index is 5.08. The lowest BCUT2D eigenvalue weighted by Crippen LogP contribution is -2.13. The molecule has 2 nitrogen and oxygen atoms in total. The third-order valence-electron chi connectivity index (χ3n) is 12.8. The summed E-state index contributed by atoms with van der Waals surface area (Å²) >= 11 is 0. The monoisotopic (exact) mass is 755 g/mol. The van der Waals surface area contributed by atoms with Crippen LogP contribution in [0.1, 0.15) is 322 Å². The minimum atomic E-state index is 0.584. The van der Waals surface area contributed by atoms with Crippen molar-refractivity contribution in [3.63, 3.8) is 0 Å². The van der Waals surface area contributed by atoms with E-state index in [0.29, 0.717) is 12.0 Å². The molecule has 0 aliphatic carbocycles. The molecule has 0 aliphatic rings. The van der Waals surface area contributed by atoms with Gasteiger partial charge in [0.2, 0.25) is 0 Å². The van der Waals surface area contributed by atoms with Crippen LogP contribution in [0.2, 0.25) is 0 Å². The predicted molar refractivity (Wildman–Crippen MR) is 245 cm³/mol. The Morgan fingerprint density at radius 3 is 0.870 bits per heavy atom. The van der Waals surface area contributed by atoms with Gasteiger partial charge in [0.25, 0.3) is 0 Å². The van der Waals surface area contributed by atoms with E-state index in [0.717, 1.165) is 0 Å². The second-order valence-electron chi connectivity index (χ2n) is 18.2. The summed E-state index contributed by atoms with van der Waals surface area (Å²) in [5.41, 5.74) is 0. The van der Waals surface area contributed by atoms with Gasteiger partial charge in [-0.2, -0.15) is 0 Å². The van der Waals surface area contributed by atoms with Gasteiger partial charge in [0, 0.05) is 24.4 Å². The van der Waals surface area contributed by atoms with E-state index in [1.807, 2.05) is 0 Å². The number of nitrogens with zero attached hydrogens (tertiary/aromatic N) is 2. The standard InChI is InChI=1S/C52H102N2/c1-5-8-11-14-17-20-23-26-27-29-30-33-36-39-42-45-50(4)54-49-48-53-52(54)51(46-43-40-37-34-31-25-22-19-16-13-10-7-3)47-44-41-38-35-32-28-24-21-18-15-12-9-6-2/h48-51H,5-47H2,1-4H3. The van der Waals surface area contributed by atoms with E-state index in [2.05, 4.69) is 44.7 Å². The largest absolute Gasteiger partial charge is 0.332 e. The molecule has 0 saturated heterocycles. The molecule has 0 bridgehead atoms.